The normalized spacial score (nSPS) is 10.1. The van der Waals surface area contributed by atoms with Crippen LogP contribution in [0.4, 0.5) is 5.82 Å². The molecule has 0 saturated heterocycles. The maximum Gasteiger partial charge on any atom is 0.260 e. The average Bonchev–Trinajstić information content (AvgIpc) is 2.65. The molecule has 16 heavy (non-hydrogen) atoms. The van der Waals surface area contributed by atoms with E-state index in [2.05, 4.69) is 20.5 Å². The predicted octanol–water partition coefficient (Wildman–Crippen LogP) is 1.07. The van der Waals surface area contributed by atoms with E-state index < -0.39 is 5.91 Å². The van der Waals surface area contributed by atoms with Crippen molar-refractivity contribution in [3.63, 3.8) is 0 Å². The summed E-state index contributed by atoms with van der Waals surface area (Å²) >= 11 is 0. The molecule has 0 saturated carbocycles. The zero-order chi connectivity index (χ0) is 11.5. The van der Waals surface area contributed by atoms with Crippen LogP contribution < -0.4 is 5.32 Å². The number of nitrogens with one attached hydrogen (secondary N) is 2. The first-order chi connectivity index (χ1) is 7.68. The lowest BCUT2D eigenvalue weighted by Crippen LogP contribution is -2.13. The van der Waals surface area contributed by atoms with Gasteiger partial charge in [0.1, 0.15) is 11.6 Å². The molecule has 0 bridgehead atoms. The smallest absolute Gasteiger partial charge is 0.260 e. The Bertz CT molecular complexity index is 521. The summed E-state index contributed by atoms with van der Waals surface area (Å²) in [5.74, 6) is -0.0503. The topological polar surface area (TPSA) is 90.9 Å². The summed E-state index contributed by atoms with van der Waals surface area (Å²) < 4.78 is 0. The molecule has 82 valence electrons. The molecule has 0 atom stereocenters. The Morgan fingerprint density at radius 3 is 2.94 bits per heavy atom. The van der Waals surface area contributed by atoms with Crippen LogP contribution >= 0.6 is 0 Å². The van der Waals surface area contributed by atoms with Gasteiger partial charge in [0, 0.05) is 11.8 Å². The van der Waals surface area contributed by atoms with Gasteiger partial charge >= 0.3 is 0 Å². The SMILES string of the molecule is Cc1cn[nH]c1NC(=O)c1ccncc1O. The number of amides is 1. The third-order valence-corrected chi connectivity index (χ3v) is 2.11. The second-order valence-corrected chi connectivity index (χ2v) is 3.27. The van der Waals surface area contributed by atoms with Gasteiger partial charge in [-0.25, -0.2) is 0 Å². The van der Waals surface area contributed by atoms with Crippen LogP contribution in [0.2, 0.25) is 0 Å². The molecule has 2 aromatic heterocycles. The zero-order valence-electron chi connectivity index (χ0n) is 8.56. The number of nitrogens with zero attached hydrogens (tertiary/aromatic N) is 2. The van der Waals surface area contributed by atoms with E-state index in [1.807, 2.05) is 6.92 Å². The van der Waals surface area contributed by atoms with Crippen molar-refractivity contribution in [1.82, 2.24) is 15.2 Å². The van der Waals surface area contributed by atoms with Crippen LogP contribution in [0.3, 0.4) is 0 Å². The van der Waals surface area contributed by atoms with E-state index in [1.165, 1.54) is 18.5 Å². The van der Waals surface area contributed by atoms with Crippen LogP contribution in [0, 0.1) is 6.92 Å². The van der Waals surface area contributed by atoms with Crippen LogP contribution in [0.1, 0.15) is 15.9 Å². The molecule has 0 radical (unpaired) electrons. The maximum absolute atomic E-state index is 11.7. The first kappa shape index (κ1) is 10.2. The summed E-state index contributed by atoms with van der Waals surface area (Å²) in [4.78, 5) is 15.4. The Kier molecular flexibility index (Phi) is 2.55. The van der Waals surface area contributed by atoms with E-state index in [9.17, 15) is 9.90 Å². The average molecular weight is 218 g/mol. The fourth-order valence-corrected chi connectivity index (χ4v) is 1.23. The number of H-pyrrole nitrogens is 1. The Balaban J connectivity index is 2.22. The minimum absolute atomic E-state index is 0.155. The third-order valence-electron chi connectivity index (χ3n) is 2.11. The van der Waals surface area contributed by atoms with E-state index in [0.29, 0.717) is 5.82 Å². The molecular formula is C10H10N4O2. The van der Waals surface area contributed by atoms with E-state index in [1.54, 1.807) is 6.20 Å². The quantitative estimate of drug-likeness (QED) is 0.703. The van der Waals surface area contributed by atoms with Gasteiger partial charge in [0.15, 0.2) is 0 Å². The summed E-state index contributed by atoms with van der Waals surface area (Å²) in [6, 6.07) is 1.44. The molecule has 0 aromatic carbocycles. The third kappa shape index (κ3) is 1.85. The number of hydrogen-bond acceptors (Lipinski definition) is 4. The lowest BCUT2D eigenvalue weighted by atomic mass is 10.2. The van der Waals surface area contributed by atoms with Crippen LogP contribution in [0.25, 0.3) is 0 Å². The van der Waals surface area contributed by atoms with Crippen molar-refractivity contribution in [3.05, 3.63) is 35.8 Å². The van der Waals surface area contributed by atoms with Gasteiger partial charge in [0.2, 0.25) is 0 Å². The van der Waals surface area contributed by atoms with Gasteiger partial charge in [-0.3, -0.25) is 14.9 Å². The van der Waals surface area contributed by atoms with Crippen molar-refractivity contribution in [3.8, 4) is 5.75 Å². The molecule has 0 aliphatic heterocycles. The molecule has 2 heterocycles. The van der Waals surface area contributed by atoms with Gasteiger partial charge in [-0.15, -0.1) is 0 Å². The second-order valence-electron chi connectivity index (χ2n) is 3.27. The van der Waals surface area contributed by atoms with E-state index in [4.69, 9.17) is 0 Å². The second kappa shape index (κ2) is 4.01. The van der Waals surface area contributed by atoms with E-state index in [0.717, 1.165) is 5.56 Å². The van der Waals surface area contributed by atoms with Crippen LogP contribution in [0.5, 0.6) is 5.75 Å². The van der Waals surface area contributed by atoms with Gasteiger partial charge in [-0.1, -0.05) is 0 Å². The number of carbonyl (C=O) groups is 1. The van der Waals surface area contributed by atoms with Gasteiger partial charge in [0.05, 0.1) is 18.0 Å². The summed E-state index contributed by atoms with van der Waals surface area (Å²) in [5.41, 5.74) is 0.992. The first-order valence-electron chi connectivity index (χ1n) is 4.63. The molecule has 2 rings (SSSR count). The Morgan fingerprint density at radius 1 is 1.50 bits per heavy atom. The van der Waals surface area contributed by atoms with Gasteiger partial charge in [0.25, 0.3) is 5.91 Å². The highest BCUT2D eigenvalue weighted by Crippen LogP contribution is 2.16. The van der Waals surface area contributed by atoms with Crippen molar-refractivity contribution in [2.45, 2.75) is 6.92 Å². The number of aromatic nitrogens is 3. The molecule has 6 nitrogen and oxygen atoms in total. The minimum atomic E-state index is -0.410. The number of pyridine rings is 1. The van der Waals surface area contributed by atoms with Gasteiger partial charge < -0.3 is 10.4 Å². The monoisotopic (exact) mass is 218 g/mol. The van der Waals surface area contributed by atoms with Gasteiger partial charge in [-0.05, 0) is 13.0 Å². The first-order valence-corrected chi connectivity index (χ1v) is 4.63. The number of rotatable bonds is 2. The molecule has 0 fully saturated rings. The summed E-state index contributed by atoms with van der Waals surface area (Å²) in [5, 5.41) is 18.5. The van der Waals surface area contributed by atoms with Crippen LogP contribution in [-0.4, -0.2) is 26.2 Å². The molecule has 2 aromatic rings. The number of aromatic amines is 1. The zero-order valence-corrected chi connectivity index (χ0v) is 8.56. The molecular weight excluding hydrogens is 208 g/mol. The molecule has 0 aliphatic rings. The Labute approximate surface area is 91.3 Å². The summed E-state index contributed by atoms with van der Waals surface area (Å²) in [6.45, 7) is 1.81. The summed E-state index contributed by atoms with van der Waals surface area (Å²) in [7, 11) is 0. The molecule has 0 spiro atoms. The van der Waals surface area contributed by atoms with Crippen molar-refractivity contribution in [2.75, 3.05) is 5.32 Å². The van der Waals surface area contributed by atoms with Crippen molar-refractivity contribution in [1.29, 1.82) is 0 Å². The fraction of sp³-hybridized carbons (Fsp3) is 0.100. The largest absolute Gasteiger partial charge is 0.505 e. The summed E-state index contributed by atoms with van der Waals surface area (Å²) in [6.07, 6.45) is 4.26. The lowest BCUT2D eigenvalue weighted by molar-refractivity contribution is 0.102. The van der Waals surface area contributed by atoms with Gasteiger partial charge in [-0.2, -0.15) is 5.10 Å². The molecule has 3 N–H and O–H groups in total. The Morgan fingerprint density at radius 2 is 2.31 bits per heavy atom. The molecule has 1 amide bonds. The predicted molar refractivity (Wildman–Crippen MR) is 57.2 cm³/mol. The maximum atomic E-state index is 11.7. The highest BCUT2D eigenvalue weighted by molar-refractivity contribution is 6.05. The van der Waals surface area contributed by atoms with Crippen LogP contribution in [-0.2, 0) is 0 Å². The number of anilines is 1. The molecule has 6 heteroatoms. The van der Waals surface area contributed by atoms with E-state index >= 15 is 0 Å². The highest BCUT2D eigenvalue weighted by Gasteiger charge is 2.12. The van der Waals surface area contributed by atoms with Crippen molar-refractivity contribution >= 4 is 11.7 Å². The number of hydrogen-bond donors (Lipinski definition) is 3. The molecule has 0 unspecified atom stereocenters. The van der Waals surface area contributed by atoms with Crippen molar-refractivity contribution in [2.24, 2.45) is 0 Å². The standard InChI is InChI=1S/C10H10N4O2/c1-6-4-12-14-9(6)13-10(16)7-2-3-11-5-8(7)15/h2-5,15H,1H3,(H2,12,13,14,16). The minimum Gasteiger partial charge on any atom is -0.505 e. The van der Waals surface area contributed by atoms with Crippen molar-refractivity contribution < 1.29 is 9.90 Å². The lowest BCUT2D eigenvalue weighted by Gasteiger charge is -2.04. The van der Waals surface area contributed by atoms with E-state index in [-0.39, 0.29) is 11.3 Å². The fourth-order valence-electron chi connectivity index (χ4n) is 1.23. The van der Waals surface area contributed by atoms with Crippen LogP contribution in [0.15, 0.2) is 24.7 Å². The number of carbonyl (C=O) groups excluding carboxylic acids is 1. The Hall–Kier alpha value is -2.37. The number of aromatic hydroxyl groups is 1. The molecule has 0 aliphatic carbocycles. The number of aryl methyl sites for hydroxylation is 1. The highest BCUT2D eigenvalue weighted by atomic mass is 16.3.